The first-order valence-corrected chi connectivity index (χ1v) is 8.33. The van der Waals surface area contributed by atoms with Crippen molar-refractivity contribution in [3.8, 4) is 0 Å². The normalized spacial score (nSPS) is 13.2. The summed E-state index contributed by atoms with van der Waals surface area (Å²) >= 11 is 0. The molecule has 0 spiro atoms. The molecule has 0 fully saturated rings. The van der Waals surface area contributed by atoms with Crippen molar-refractivity contribution in [3.05, 3.63) is 65.7 Å². The third-order valence-electron chi connectivity index (χ3n) is 4.19. The van der Waals surface area contributed by atoms with Crippen molar-refractivity contribution in [2.45, 2.75) is 19.4 Å². The molecule has 0 unspecified atom stereocenters. The van der Waals surface area contributed by atoms with Crippen LogP contribution in [-0.2, 0) is 15.2 Å². The molecule has 3 aromatic rings. The minimum atomic E-state index is -1.51. The molecule has 1 heterocycles. The lowest BCUT2D eigenvalue weighted by atomic mass is 10.0. The Morgan fingerprint density at radius 3 is 2.59 bits per heavy atom. The number of aliphatic hydroxyl groups is 1. The summed E-state index contributed by atoms with van der Waals surface area (Å²) in [5, 5.41) is 16.1. The van der Waals surface area contributed by atoms with E-state index in [4.69, 9.17) is 4.42 Å². The van der Waals surface area contributed by atoms with E-state index in [1.165, 1.54) is 19.1 Å². The molecule has 0 aliphatic rings. The van der Waals surface area contributed by atoms with Crippen LogP contribution in [0.25, 0.3) is 11.0 Å². The van der Waals surface area contributed by atoms with Gasteiger partial charge in [0.25, 0.3) is 0 Å². The summed E-state index contributed by atoms with van der Waals surface area (Å²) in [6, 6.07) is 13.1. The van der Waals surface area contributed by atoms with E-state index in [9.17, 15) is 19.1 Å². The topological polar surface area (TPSA) is 91.6 Å². The molecule has 2 aromatic carbocycles. The predicted molar refractivity (Wildman–Crippen MR) is 98.6 cm³/mol. The van der Waals surface area contributed by atoms with E-state index in [-0.39, 0.29) is 18.0 Å². The maximum atomic E-state index is 13.5. The second-order valence-corrected chi connectivity index (χ2v) is 6.52. The highest BCUT2D eigenvalue weighted by Crippen LogP contribution is 2.27. The molecule has 0 aliphatic heterocycles. The zero-order valence-electron chi connectivity index (χ0n) is 14.9. The van der Waals surface area contributed by atoms with Gasteiger partial charge in [-0.2, -0.15) is 0 Å². The number of fused-ring (bicyclic) bond motifs is 1. The van der Waals surface area contributed by atoms with Crippen LogP contribution in [0, 0.1) is 12.7 Å². The monoisotopic (exact) mass is 370 g/mol. The molecular formula is C20H19FN2O4. The van der Waals surface area contributed by atoms with Crippen LogP contribution in [0.5, 0.6) is 0 Å². The van der Waals surface area contributed by atoms with Gasteiger partial charge in [-0.15, -0.1) is 0 Å². The van der Waals surface area contributed by atoms with Gasteiger partial charge >= 0.3 is 11.8 Å². The lowest BCUT2D eigenvalue weighted by Gasteiger charge is -2.20. The van der Waals surface area contributed by atoms with Crippen LogP contribution in [0.1, 0.15) is 18.2 Å². The number of carbonyl (C=O) groups is 2. The van der Waals surface area contributed by atoms with Gasteiger partial charge in [-0.05, 0) is 43.7 Å². The number of para-hydroxylation sites is 1. The Kier molecular flexibility index (Phi) is 4.96. The molecule has 0 aliphatic carbocycles. The van der Waals surface area contributed by atoms with Crippen LogP contribution >= 0.6 is 0 Å². The predicted octanol–water partition coefficient (Wildman–Crippen LogP) is 2.84. The fourth-order valence-corrected chi connectivity index (χ4v) is 2.53. The summed E-state index contributed by atoms with van der Waals surface area (Å²) in [5.74, 6) is -2.13. The number of benzene rings is 2. The molecule has 0 saturated carbocycles. The molecule has 0 saturated heterocycles. The Balaban J connectivity index is 1.62. The van der Waals surface area contributed by atoms with Crippen LogP contribution < -0.4 is 10.6 Å². The van der Waals surface area contributed by atoms with E-state index in [0.29, 0.717) is 11.1 Å². The summed E-state index contributed by atoms with van der Waals surface area (Å²) < 4.78 is 19.1. The standard InChI is InChI=1S/C20H19FN2O4/c1-12-7-8-14(10-15(12)21)23-19(25)18(24)22-11-20(2,26)17-9-13-5-3-4-6-16(13)27-17/h3-10,26H,11H2,1-2H3,(H,22,24)(H,23,25)/t20-/m1/s1. The summed E-state index contributed by atoms with van der Waals surface area (Å²) in [5.41, 5.74) is -0.301. The fourth-order valence-electron chi connectivity index (χ4n) is 2.53. The third kappa shape index (κ3) is 4.15. The highest BCUT2D eigenvalue weighted by atomic mass is 19.1. The Labute approximate surface area is 155 Å². The van der Waals surface area contributed by atoms with Gasteiger partial charge in [0.15, 0.2) is 0 Å². The second-order valence-electron chi connectivity index (χ2n) is 6.52. The SMILES string of the molecule is Cc1ccc(NC(=O)C(=O)NC[C@@](C)(O)c2cc3ccccc3o2)cc1F. The molecule has 0 radical (unpaired) electrons. The van der Waals surface area contributed by atoms with Gasteiger partial charge in [-0.3, -0.25) is 9.59 Å². The number of furan rings is 1. The molecule has 6 nitrogen and oxygen atoms in total. The van der Waals surface area contributed by atoms with Crippen molar-refractivity contribution in [1.29, 1.82) is 0 Å². The van der Waals surface area contributed by atoms with Crippen molar-refractivity contribution in [2.75, 3.05) is 11.9 Å². The average molecular weight is 370 g/mol. The average Bonchev–Trinajstić information content (AvgIpc) is 3.08. The van der Waals surface area contributed by atoms with Crippen molar-refractivity contribution >= 4 is 28.5 Å². The number of amides is 2. The summed E-state index contributed by atoms with van der Waals surface area (Å²) in [6.45, 7) is 2.83. The molecule has 7 heteroatoms. The highest BCUT2D eigenvalue weighted by Gasteiger charge is 2.29. The quantitative estimate of drug-likeness (QED) is 0.616. The molecule has 2 amide bonds. The lowest BCUT2D eigenvalue weighted by molar-refractivity contribution is -0.136. The lowest BCUT2D eigenvalue weighted by Crippen LogP contribution is -2.43. The maximum absolute atomic E-state index is 13.5. The number of aryl methyl sites for hydroxylation is 1. The first-order chi connectivity index (χ1) is 12.8. The molecule has 140 valence electrons. The second kappa shape index (κ2) is 7.20. The van der Waals surface area contributed by atoms with Crippen molar-refractivity contribution in [3.63, 3.8) is 0 Å². The fraction of sp³-hybridized carbons (Fsp3) is 0.200. The van der Waals surface area contributed by atoms with E-state index in [0.717, 1.165) is 11.5 Å². The zero-order valence-corrected chi connectivity index (χ0v) is 14.9. The Morgan fingerprint density at radius 1 is 1.15 bits per heavy atom. The summed E-state index contributed by atoms with van der Waals surface area (Å²) in [6.07, 6.45) is 0. The van der Waals surface area contributed by atoms with E-state index >= 15 is 0 Å². The molecule has 3 rings (SSSR count). The number of hydrogen-bond acceptors (Lipinski definition) is 4. The van der Waals surface area contributed by atoms with Gasteiger partial charge in [-0.1, -0.05) is 24.3 Å². The van der Waals surface area contributed by atoms with E-state index < -0.39 is 23.2 Å². The van der Waals surface area contributed by atoms with E-state index in [1.54, 1.807) is 19.1 Å². The number of nitrogens with one attached hydrogen (secondary N) is 2. The number of rotatable bonds is 4. The van der Waals surface area contributed by atoms with Crippen LogP contribution in [0.3, 0.4) is 0 Å². The smallest absolute Gasteiger partial charge is 0.313 e. The van der Waals surface area contributed by atoms with E-state index in [2.05, 4.69) is 10.6 Å². The Hall–Kier alpha value is -3.19. The van der Waals surface area contributed by atoms with Gasteiger partial charge in [0.05, 0.1) is 6.54 Å². The summed E-state index contributed by atoms with van der Waals surface area (Å²) in [4.78, 5) is 23.9. The molecular weight excluding hydrogens is 351 g/mol. The maximum Gasteiger partial charge on any atom is 0.313 e. The van der Waals surface area contributed by atoms with Gasteiger partial charge in [0, 0.05) is 11.1 Å². The molecule has 27 heavy (non-hydrogen) atoms. The van der Waals surface area contributed by atoms with Crippen LogP contribution in [0.2, 0.25) is 0 Å². The zero-order chi connectivity index (χ0) is 19.6. The van der Waals surface area contributed by atoms with Crippen LogP contribution in [-0.4, -0.2) is 23.5 Å². The molecule has 1 aromatic heterocycles. The van der Waals surface area contributed by atoms with Crippen molar-refractivity contribution < 1.29 is 23.5 Å². The Morgan fingerprint density at radius 2 is 1.89 bits per heavy atom. The molecule has 3 N–H and O–H groups in total. The first-order valence-electron chi connectivity index (χ1n) is 8.33. The van der Waals surface area contributed by atoms with Crippen molar-refractivity contribution in [2.24, 2.45) is 0 Å². The number of carbonyl (C=O) groups excluding carboxylic acids is 2. The highest BCUT2D eigenvalue weighted by molar-refractivity contribution is 6.39. The van der Waals surface area contributed by atoms with Gasteiger partial charge in [0.2, 0.25) is 0 Å². The summed E-state index contributed by atoms with van der Waals surface area (Å²) in [7, 11) is 0. The Bertz CT molecular complexity index is 977. The molecule has 0 bridgehead atoms. The van der Waals surface area contributed by atoms with Gasteiger partial charge in [-0.25, -0.2) is 4.39 Å². The minimum absolute atomic E-state index is 0.169. The van der Waals surface area contributed by atoms with Gasteiger partial charge in [0.1, 0.15) is 22.8 Å². The van der Waals surface area contributed by atoms with Crippen LogP contribution in [0.15, 0.2) is 52.9 Å². The van der Waals surface area contributed by atoms with E-state index in [1.807, 2.05) is 18.2 Å². The first kappa shape index (κ1) is 18.6. The van der Waals surface area contributed by atoms with Gasteiger partial charge < -0.3 is 20.2 Å². The molecule has 1 atom stereocenters. The number of anilines is 1. The van der Waals surface area contributed by atoms with Crippen LogP contribution in [0.4, 0.5) is 10.1 Å². The largest absolute Gasteiger partial charge is 0.458 e. The number of hydrogen-bond donors (Lipinski definition) is 3. The minimum Gasteiger partial charge on any atom is -0.458 e. The van der Waals surface area contributed by atoms with Crippen molar-refractivity contribution in [1.82, 2.24) is 5.32 Å². The number of halogens is 1. The third-order valence-corrected chi connectivity index (χ3v) is 4.19.